The molecule has 1 saturated heterocycles. The highest BCUT2D eigenvalue weighted by atomic mass is 16.5. The lowest BCUT2D eigenvalue weighted by molar-refractivity contribution is 0.0430. The Kier molecular flexibility index (Phi) is 3.97. The fraction of sp³-hybridized carbons (Fsp3) is 0.571. The van der Waals surface area contributed by atoms with Crippen LogP contribution in [-0.4, -0.2) is 37.7 Å². The van der Waals surface area contributed by atoms with Crippen molar-refractivity contribution in [2.75, 3.05) is 20.7 Å². The summed E-state index contributed by atoms with van der Waals surface area (Å²) in [7, 11) is 4.30. The minimum atomic E-state index is 0.412. The maximum absolute atomic E-state index is 5.81. The highest BCUT2D eigenvalue weighted by molar-refractivity contribution is 5.16. The number of benzene rings is 1. The van der Waals surface area contributed by atoms with Crippen LogP contribution >= 0.6 is 0 Å². The van der Waals surface area contributed by atoms with Crippen LogP contribution in [0.15, 0.2) is 30.3 Å². The Balaban J connectivity index is 2.02. The van der Waals surface area contributed by atoms with E-state index in [2.05, 4.69) is 49.3 Å². The maximum atomic E-state index is 5.81. The van der Waals surface area contributed by atoms with Gasteiger partial charge in [0.1, 0.15) is 0 Å². The Morgan fingerprint density at radius 1 is 1.31 bits per heavy atom. The molecule has 2 rings (SSSR count). The molecule has 0 spiro atoms. The zero-order valence-electron chi connectivity index (χ0n) is 10.2. The first-order valence-corrected chi connectivity index (χ1v) is 6.09. The highest BCUT2D eigenvalue weighted by Gasteiger charge is 2.27. The van der Waals surface area contributed by atoms with Crippen LogP contribution in [0.4, 0.5) is 0 Å². The predicted molar refractivity (Wildman–Crippen MR) is 66.6 cm³/mol. The monoisotopic (exact) mass is 219 g/mol. The maximum Gasteiger partial charge on any atom is 0.0734 e. The van der Waals surface area contributed by atoms with Gasteiger partial charge in [-0.1, -0.05) is 30.3 Å². The second kappa shape index (κ2) is 5.46. The summed E-state index contributed by atoms with van der Waals surface area (Å²) in [5, 5.41) is 0. The molecular weight excluding hydrogens is 198 g/mol. The Hall–Kier alpha value is -0.860. The molecule has 16 heavy (non-hydrogen) atoms. The van der Waals surface area contributed by atoms with Gasteiger partial charge in [-0.2, -0.15) is 0 Å². The Morgan fingerprint density at radius 3 is 2.62 bits per heavy atom. The summed E-state index contributed by atoms with van der Waals surface area (Å²) < 4.78 is 5.81. The van der Waals surface area contributed by atoms with Crippen LogP contribution in [0.25, 0.3) is 0 Å². The third-order valence-corrected chi connectivity index (χ3v) is 3.35. The first-order valence-electron chi connectivity index (χ1n) is 6.09. The van der Waals surface area contributed by atoms with Crippen LogP contribution in [0.2, 0.25) is 0 Å². The van der Waals surface area contributed by atoms with E-state index >= 15 is 0 Å². The van der Waals surface area contributed by atoms with E-state index in [-0.39, 0.29) is 0 Å². The van der Waals surface area contributed by atoms with Crippen molar-refractivity contribution in [3.8, 4) is 0 Å². The van der Waals surface area contributed by atoms with Crippen molar-refractivity contribution in [2.24, 2.45) is 0 Å². The van der Waals surface area contributed by atoms with Gasteiger partial charge in [0.25, 0.3) is 0 Å². The molecule has 1 aliphatic rings. The molecule has 1 aliphatic heterocycles. The van der Waals surface area contributed by atoms with Crippen molar-refractivity contribution in [3.63, 3.8) is 0 Å². The fourth-order valence-electron chi connectivity index (χ4n) is 2.41. The smallest absolute Gasteiger partial charge is 0.0734 e. The predicted octanol–water partition coefficient (Wildman–Crippen LogP) is 2.34. The van der Waals surface area contributed by atoms with Gasteiger partial charge in [-0.05, 0) is 38.9 Å². The standard InChI is InChI=1S/C14H21NO/c1-15(2)13(14-9-6-10-16-14)11-12-7-4-3-5-8-12/h3-5,7-8,13-14H,6,9-11H2,1-2H3/t13-,14-/m1/s1. The van der Waals surface area contributed by atoms with Crippen molar-refractivity contribution in [1.29, 1.82) is 0 Å². The molecule has 0 bridgehead atoms. The lowest BCUT2D eigenvalue weighted by atomic mass is 9.98. The van der Waals surface area contributed by atoms with Crippen LogP contribution in [0, 0.1) is 0 Å². The van der Waals surface area contributed by atoms with E-state index in [1.165, 1.54) is 18.4 Å². The van der Waals surface area contributed by atoms with Gasteiger partial charge in [-0.3, -0.25) is 0 Å². The lowest BCUT2D eigenvalue weighted by Gasteiger charge is -2.29. The van der Waals surface area contributed by atoms with E-state index in [1.807, 2.05) is 0 Å². The Bertz CT molecular complexity index is 304. The molecule has 88 valence electrons. The summed E-state index contributed by atoms with van der Waals surface area (Å²) in [6.07, 6.45) is 3.91. The Morgan fingerprint density at radius 2 is 2.06 bits per heavy atom. The fourth-order valence-corrected chi connectivity index (χ4v) is 2.41. The molecule has 0 unspecified atom stereocenters. The minimum absolute atomic E-state index is 0.412. The molecular formula is C14H21NO. The number of hydrogen-bond acceptors (Lipinski definition) is 2. The van der Waals surface area contributed by atoms with Crippen molar-refractivity contribution >= 4 is 0 Å². The van der Waals surface area contributed by atoms with Gasteiger partial charge in [-0.25, -0.2) is 0 Å². The molecule has 0 amide bonds. The zero-order valence-corrected chi connectivity index (χ0v) is 10.2. The van der Waals surface area contributed by atoms with Crippen molar-refractivity contribution < 1.29 is 4.74 Å². The van der Waals surface area contributed by atoms with Crippen molar-refractivity contribution in [2.45, 2.75) is 31.4 Å². The van der Waals surface area contributed by atoms with Crippen molar-refractivity contribution in [3.05, 3.63) is 35.9 Å². The summed E-state index contributed by atoms with van der Waals surface area (Å²) in [4.78, 5) is 2.29. The summed E-state index contributed by atoms with van der Waals surface area (Å²) in [5.41, 5.74) is 1.40. The molecule has 1 aromatic rings. The van der Waals surface area contributed by atoms with E-state index in [9.17, 15) is 0 Å². The third kappa shape index (κ3) is 2.83. The molecule has 0 aromatic heterocycles. The SMILES string of the molecule is CN(C)[C@H](Cc1ccccc1)[C@H]1CCCO1. The Labute approximate surface area is 98.2 Å². The first-order chi connectivity index (χ1) is 7.77. The molecule has 1 heterocycles. The summed E-state index contributed by atoms with van der Waals surface area (Å²) >= 11 is 0. The molecule has 0 N–H and O–H groups in total. The molecule has 2 atom stereocenters. The number of hydrogen-bond donors (Lipinski definition) is 0. The van der Waals surface area contributed by atoms with Crippen LogP contribution in [0.3, 0.4) is 0 Å². The van der Waals surface area contributed by atoms with E-state index in [0.717, 1.165) is 13.0 Å². The molecule has 2 heteroatoms. The topological polar surface area (TPSA) is 12.5 Å². The second-order valence-electron chi connectivity index (χ2n) is 4.77. The van der Waals surface area contributed by atoms with E-state index in [1.54, 1.807) is 0 Å². The minimum Gasteiger partial charge on any atom is -0.377 e. The van der Waals surface area contributed by atoms with Gasteiger partial charge < -0.3 is 9.64 Å². The quantitative estimate of drug-likeness (QED) is 0.770. The van der Waals surface area contributed by atoms with E-state index in [0.29, 0.717) is 12.1 Å². The van der Waals surface area contributed by atoms with Gasteiger partial charge in [0.05, 0.1) is 6.10 Å². The largest absolute Gasteiger partial charge is 0.377 e. The van der Waals surface area contributed by atoms with Gasteiger partial charge in [-0.15, -0.1) is 0 Å². The second-order valence-corrected chi connectivity index (χ2v) is 4.77. The normalized spacial score (nSPS) is 22.6. The molecule has 0 radical (unpaired) electrons. The molecule has 2 nitrogen and oxygen atoms in total. The highest BCUT2D eigenvalue weighted by Crippen LogP contribution is 2.21. The number of nitrogens with zero attached hydrogens (tertiary/aromatic N) is 1. The van der Waals surface area contributed by atoms with Crippen molar-refractivity contribution in [1.82, 2.24) is 4.90 Å². The van der Waals surface area contributed by atoms with Gasteiger partial charge in [0, 0.05) is 12.6 Å². The molecule has 1 fully saturated rings. The van der Waals surface area contributed by atoms with Gasteiger partial charge in [0.15, 0.2) is 0 Å². The number of ether oxygens (including phenoxy) is 1. The number of rotatable bonds is 4. The molecule has 0 saturated carbocycles. The van der Waals surface area contributed by atoms with Crippen LogP contribution < -0.4 is 0 Å². The molecule has 0 aliphatic carbocycles. The van der Waals surface area contributed by atoms with Crippen LogP contribution in [0.5, 0.6) is 0 Å². The van der Waals surface area contributed by atoms with Crippen LogP contribution in [0.1, 0.15) is 18.4 Å². The van der Waals surface area contributed by atoms with Crippen LogP contribution in [-0.2, 0) is 11.2 Å². The lowest BCUT2D eigenvalue weighted by Crippen LogP contribution is -2.40. The van der Waals surface area contributed by atoms with Gasteiger partial charge in [0.2, 0.25) is 0 Å². The average molecular weight is 219 g/mol. The summed E-state index contributed by atoms with van der Waals surface area (Å²) in [6, 6.07) is 11.2. The third-order valence-electron chi connectivity index (χ3n) is 3.35. The van der Waals surface area contributed by atoms with E-state index in [4.69, 9.17) is 4.74 Å². The zero-order chi connectivity index (χ0) is 11.4. The average Bonchev–Trinajstić information content (AvgIpc) is 2.80. The number of likely N-dealkylation sites (N-methyl/N-ethyl adjacent to an activating group) is 1. The van der Waals surface area contributed by atoms with Gasteiger partial charge >= 0.3 is 0 Å². The molecule has 1 aromatic carbocycles. The summed E-state index contributed by atoms with van der Waals surface area (Å²) in [5.74, 6) is 0. The summed E-state index contributed by atoms with van der Waals surface area (Å²) in [6.45, 7) is 0.934. The van der Waals surface area contributed by atoms with E-state index < -0.39 is 0 Å². The first kappa shape index (κ1) is 11.6.